The quantitative estimate of drug-likeness (QED) is 0.663. The molecular formula is C20H22N4O3S2. The average molecular weight is 431 g/mol. The summed E-state index contributed by atoms with van der Waals surface area (Å²) in [5.41, 5.74) is 7.17. The van der Waals surface area contributed by atoms with Crippen molar-refractivity contribution in [3.05, 3.63) is 42.6 Å². The van der Waals surface area contributed by atoms with Gasteiger partial charge in [-0.05, 0) is 44.7 Å². The fourth-order valence-electron chi connectivity index (χ4n) is 3.80. The molecule has 2 amide bonds. The van der Waals surface area contributed by atoms with Gasteiger partial charge in [0.1, 0.15) is 15.7 Å². The number of nitrogens with two attached hydrogens (primary N) is 1. The highest BCUT2D eigenvalue weighted by molar-refractivity contribution is 7.21. The van der Waals surface area contributed by atoms with Gasteiger partial charge in [0.05, 0.1) is 15.8 Å². The van der Waals surface area contributed by atoms with E-state index in [0.29, 0.717) is 37.8 Å². The van der Waals surface area contributed by atoms with Gasteiger partial charge in [-0.15, -0.1) is 22.7 Å². The molecule has 0 saturated heterocycles. The Morgan fingerprint density at radius 2 is 1.86 bits per heavy atom. The van der Waals surface area contributed by atoms with Gasteiger partial charge in [-0.3, -0.25) is 19.0 Å². The van der Waals surface area contributed by atoms with Gasteiger partial charge in [0.2, 0.25) is 0 Å². The minimum Gasteiger partial charge on any atom is -0.365 e. The first-order chi connectivity index (χ1) is 13.8. The van der Waals surface area contributed by atoms with E-state index < -0.39 is 5.91 Å². The van der Waals surface area contributed by atoms with Crippen LogP contribution in [0.3, 0.4) is 0 Å². The molecule has 152 valence electrons. The molecule has 0 fully saturated rings. The monoisotopic (exact) mass is 430 g/mol. The molecule has 4 heterocycles. The number of nitrogens with zero attached hydrogens (tertiary/aromatic N) is 2. The lowest BCUT2D eigenvalue weighted by atomic mass is 10.1. The van der Waals surface area contributed by atoms with E-state index in [-0.39, 0.29) is 11.5 Å². The third kappa shape index (κ3) is 3.28. The number of amides is 2. The minimum atomic E-state index is -0.570. The summed E-state index contributed by atoms with van der Waals surface area (Å²) in [5, 5.41) is 3.78. The van der Waals surface area contributed by atoms with Gasteiger partial charge in [-0.25, -0.2) is 4.98 Å². The van der Waals surface area contributed by atoms with Crippen LogP contribution in [-0.4, -0.2) is 21.4 Å². The van der Waals surface area contributed by atoms with Crippen LogP contribution in [0.1, 0.15) is 61.1 Å². The van der Waals surface area contributed by atoms with Crippen molar-refractivity contribution < 1.29 is 9.59 Å². The Morgan fingerprint density at radius 1 is 1.10 bits per heavy atom. The van der Waals surface area contributed by atoms with Crippen molar-refractivity contribution in [1.82, 2.24) is 9.55 Å². The number of fused-ring (bicyclic) bond motifs is 2. The van der Waals surface area contributed by atoms with Crippen LogP contribution in [0.2, 0.25) is 0 Å². The van der Waals surface area contributed by atoms with Crippen molar-refractivity contribution in [2.45, 2.75) is 53.0 Å². The van der Waals surface area contributed by atoms with E-state index in [0.717, 1.165) is 41.9 Å². The molecule has 1 aliphatic heterocycles. The predicted octanol–water partition coefficient (Wildman–Crippen LogP) is 3.52. The first-order valence-corrected chi connectivity index (χ1v) is 11.2. The summed E-state index contributed by atoms with van der Waals surface area (Å²) in [6, 6.07) is 0. The fraction of sp³-hybridized carbons (Fsp3) is 0.400. The van der Waals surface area contributed by atoms with Crippen LogP contribution in [0, 0.1) is 20.8 Å². The highest BCUT2D eigenvalue weighted by Gasteiger charge is 2.24. The Balaban J connectivity index is 1.77. The van der Waals surface area contributed by atoms with E-state index in [9.17, 15) is 14.4 Å². The van der Waals surface area contributed by atoms with Gasteiger partial charge in [0.25, 0.3) is 17.4 Å². The number of primary amides is 1. The zero-order valence-corrected chi connectivity index (χ0v) is 18.2. The number of hydrogen-bond acceptors (Lipinski definition) is 6. The number of carbonyl (C=O) groups excluding carboxylic acids is 2. The minimum absolute atomic E-state index is 0.0691. The maximum Gasteiger partial charge on any atom is 0.266 e. The van der Waals surface area contributed by atoms with Crippen LogP contribution in [0.15, 0.2) is 4.79 Å². The smallest absolute Gasteiger partial charge is 0.266 e. The van der Waals surface area contributed by atoms with E-state index in [2.05, 4.69) is 5.32 Å². The molecule has 0 bridgehead atoms. The van der Waals surface area contributed by atoms with E-state index in [4.69, 9.17) is 10.7 Å². The summed E-state index contributed by atoms with van der Waals surface area (Å²) in [4.78, 5) is 44.6. The lowest BCUT2D eigenvalue weighted by Gasteiger charge is -2.08. The van der Waals surface area contributed by atoms with E-state index in [1.807, 2.05) is 13.8 Å². The number of rotatable bonds is 3. The SMILES string of the molecule is Cc1sc(NC(=O)c2sc3nc4n(c(=O)c3c2C)CCCCC4)c(C(N)=O)c1C. The standard InChI is InChI=1S/C20H22N4O3S2/c1-9-11(3)28-18(13(9)16(21)25)23-17(26)15-10(2)14-19(29-15)22-12-7-5-4-6-8-24(12)20(14)27/h4-8H2,1-3H3,(H2,21,25)(H,23,26). The zero-order chi connectivity index (χ0) is 20.9. The van der Waals surface area contributed by atoms with Gasteiger partial charge in [0.15, 0.2) is 0 Å². The fourth-order valence-corrected chi connectivity index (χ4v) is 5.94. The molecule has 29 heavy (non-hydrogen) atoms. The second-order valence-electron chi connectivity index (χ2n) is 7.34. The maximum atomic E-state index is 13.1. The van der Waals surface area contributed by atoms with Gasteiger partial charge < -0.3 is 11.1 Å². The molecule has 0 spiro atoms. The molecule has 0 aliphatic carbocycles. The lowest BCUT2D eigenvalue weighted by Crippen LogP contribution is -2.24. The molecule has 1 aliphatic rings. The lowest BCUT2D eigenvalue weighted by molar-refractivity contribution is 0.100. The first-order valence-electron chi connectivity index (χ1n) is 9.53. The Kier molecular flexibility index (Phi) is 5.04. The van der Waals surface area contributed by atoms with Gasteiger partial charge in [0, 0.05) is 17.8 Å². The third-order valence-corrected chi connectivity index (χ3v) is 7.78. The number of anilines is 1. The highest BCUT2D eigenvalue weighted by Crippen LogP contribution is 2.34. The first kappa shape index (κ1) is 19.8. The number of thiophene rings is 2. The molecule has 3 aromatic rings. The molecule has 7 nitrogen and oxygen atoms in total. The molecule has 0 saturated carbocycles. The van der Waals surface area contributed by atoms with Crippen LogP contribution in [0.25, 0.3) is 10.2 Å². The number of aryl methyl sites for hydroxylation is 3. The van der Waals surface area contributed by atoms with Crippen molar-refractivity contribution in [3.8, 4) is 0 Å². The van der Waals surface area contributed by atoms with Crippen LogP contribution in [-0.2, 0) is 13.0 Å². The van der Waals surface area contributed by atoms with E-state index >= 15 is 0 Å². The Labute approximate surface area is 175 Å². The van der Waals surface area contributed by atoms with Crippen LogP contribution >= 0.6 is 22.7 Å². The maximum absolute atomic E-state index is 13.1. The number of aromatic nitrogens is 2. The number of carbonyl (C=O) groups is 2. The summed E-state index contributed by atoms with van der Waals surface area (Å²) in [7, 11) is 0. The van der Waals surface area contributed by atoms with Crippen molar-refractivity contribution >= 4 is 49.7 Å². The molecular weight excluding hydrogens is 408 g/mol. The normalized spacial score (nSPS) is 13.9. The Hall–Kier alpha value is -2.52. The van der Waals surface area contributed by atoms with E-state index in [1.165, 1.54) is 22.7 Å². The molecule has 0 aromatic carbocycles. The summed E-state index contributed by atoms with van der Waals surface area (Å²) in [5.74, 6) is -0.124. The largest absolute Gasteiger partial charge is 0.365 e. The number of nitrogens with one attached hydrogen (secondary N) is 1. The van der Waals surface area contributed by atoms with Crippen LogP contribution < -0.4 is 16.6 Å². The zero-order valence-electron chi connectivity index (χ0n) is 16.5. The summed E-state index contributed by atoms with van der Waals surface area (Å²) < 4.78 is 1.76. The molecule has 9 heteroatoms. The van der Waals surface area contributed by atoms with Crippen molar-refractivity contribution in [2.75, 3.05) is 5.32 Å². The van der Waals surface area contributed by atoms with E-state index in [1.54, 1.807) is 11.5 Å². The second-order valence-corrected chi connectivity index (χ2v) is 9.56. The topological polar surface area (TPSA) is 107 Å². The van der Waals surface area contributed by atoms with Crippen molar-refractivity contribution in [2.24, 2.45) is 5.73 Å². The third-order valence-electron chi connectivity index (χ3n) is 5.48. The van der Waals surface area contributed by atoms with Crippen LogP contribution in [0.4, 0.5) is 5.00 Å². The van der Waals surface area contributed by atoms with Crippen molar-refractivity contribution in [1.29, 1.82) is 0 Å². The molecule has 0 radical (unpaired) electrons. The van der Waals surface area contributed by atoms with Crippen LogP contribution in [0.5, 0.6) is 0 Å². The molecule has 0 atom stereocenters. The second kappa shape index (κ2) is 7.38. The van der Waals surface area contributed by atoms with Gasteiger partial charge in [-0.2, -0.15) is 0 Å². The summed E-state index contributed by atoms with van der Waals surface area (Å²) >= 11 is 2.54. The van der Waals surface area contributed by atoms with Crippen molar-refractivity contribution in [3.63, 3.8) is 0 Å². The van der Waals surface area contributed by atoms with Gasteiger partial charge in [-0.1, -0.05) is 6.42 Å². The Morgan fingerprint density at radius 3 is 2.59 bits per heavy atom. The molecule has 3 N–H and O–H groups in total. The summed E-state index contributed by atoms with van der Waals surface area (Å²) in [6.07, 6.45) is 3.84. The highest BCUT2D eigenvalue weighted by atomic mass is 32.1. The molecule has 4 rings (SSSR count). The predicted molar refractivity (Wildman–Crippen MR) is 116 cm³/mol. The average Bonchev–Trinajstić information content (AvgIpc) is 3.01. The van der Waals surface area contributed by atoms with Gasteiger partial charge >= 0.3 is 0 Å². The molecule has 3 aromatic heterocycles. The number of hydrogen-bond donors (Lipinski definition) is 2. The summed E-state index contributed by atoms with van der Waals surface area (Å²) in [6.45, 7) is 6.14. The Bertz CT molecular complexity index is 1220. The molecule has 0 unspecified atom stereocenters.